The minimum absolute atomic E-state index is 0.495. The Morgan fingerprint density at radius 1 is 1.09 bits per heavy atom. The Bertz CT molecular complexity index is 90.3. The SMILES string of the molecule is CN([SiH](C)C)[Si](C)(C)C.NN. The summed E-state index contributed by atoms with van der Waals surface area (Å²) in [6.45, 7) is 12.0. The van der Waals surface area contributed by atoms with Gasteiger partial charge in [0.05, 0.1) is 8.96 Å². The summed E-state index contributed by atoms with van der Waals surface area (Å²) >= 11 is 0. The van der Waals surface area contributed by atoms with Crippen molar-refractivity contribution in [2.75, 3.05) is 7.05 Å². The van der Waals surface area contributed by atoms with E-state index >= 15 is 0 Å². The highest BCUT2D eigenvalue weighted by Gasteiger charge is 2.21. The molecule has 0 atom stereocenters. The number of rotatable bonds is 2. The van der Waals surface area contributed by atoms with E-state index in [1.54, 1.807) is 0 Å². The zero-order valence-electron chi connectivity index (χ0n) is 8.68. The third-order valence-corrected chi connectivity index (χ3v) is 9.37. The van der Waals surface area contributed by atoms with Crippen LogP contribution in [0.4, 0.5) is 0 Å². The van der Waals surface area contributed by atoms with Crippen molar-refractivity contribution in [2.45, 2.75) is 32.7 Å². The molecule has 0 rings (SSSR count). The maximum Gasteiger partial charge on any atom is 0.111 e. The summed E-state index contributed by atoms with van der Waals surface area (Å²) < 4.78 is 2.63. The fourth-order valence-corrected chi connectivity index (χ4v) is 6.97. The fourth-order valence-electron chi connectivity index (χ4n) is 0.775. The van der Waals surface area contributed by atoms with E-state index in [1.807, 2.05) is 0 Å². The van der Waals surface area contributed by atoms with E-state index in [4.69, 9.17) is 0 Å². The molecular weight excluding hydrogens is 170 g/mol. The number of hydrogen-bond donors (Lipinski definition) is 2. The first-order valence-corrected chi connectivity index (χ1v) is 10.2. The quantitative estimate of drug-likeness (QED) is 0.383. The average Bonchev–Trinajstić information content (AvgIpc) is 1.89. The molecule has 70 valence electrons. The van der Waals surface area contributed by atoms with E-state index < -0.39 is 17.2 Å². The summed E-state index contributed by atoms with van der Waals surface area (Å²) in [6.07, 6.45) is 0. The van der Waals surface area contributed by atoms with Gasteiger partial charge in [-0.3, -0.25) is 11.7 Å². The Morgan fingerprint density at radius 3 is 1.36 bits per heavy atom. The Balaban J connectivity index is 0. The van der Waals surface area contributed by atoms with Crippen LogP contribution in [0.5, 0.6) is 0 Å². The lowest BCUT2D eigenvalue weighted by molar-refractivity contribution is 0.784. The van der Waals surface area contributed by atoms with Gasteiger partial charge in [0.2, 0.25) is 0 Å². The van der Waals surface area contributed by atoms with Crippen LogP contribution in [0.2, 0.25) is 32.7 Å². The Morgan fingerprint density at radius 2 is 1.36 bits per heavy atom. The van der Waals surface area contributed by atoms with Crippen molar-refractivity contribution in [3.8, 4) is 0 Å². The molecule has 0 unspecified atom stereocenters. The van der Waals surface area contributed by atoms with Crippen LogP contribution in [0, 0.1) is 0 Å². The number of nitrogens with two attached hydrogens (primary N) is 2. The van der Waals surface area contributed by atoms with Gasteiger partial charge in [0.15, 0.2) is 0 Å². The molecule has 0 aromatic rings. The van der Waals surface area contributed by atoms with Crippen molar-refractivity contribution >= 4 is 17.2 Å². The minimum atomic E-state index is -0.929. The second-order valence-corrected chi connectivity index (χ2v) is 12.4. The monoisotopic (exact) mass is 193 g/mol. The Labute approximate surface area is 73.5 Å². The summed E-state index contributed by atoms with van der Waals surface area (Å²) in [6, 6.07) is 0. The molecule has 0 aliphatic heterocycles. The molecule has 3 nitrogen and oxygen atoms in total. The maximum absolute atomic E-state index is 4.00. The number of hydrogen-bond acceptors (Lipinski definition) is 3. The van der Waals surface area contributed by atoms with E-state index in [2.05, 4.69) is 55.7 Å². The molecule has 0 fully saturated rings. The molecule has 0 saturated carbocycles. The first-order chi connectivity index (χ1) is 4.85. The lowest BCUT2D eigenvalue weighted by Crippen LogP contribution is -2.49. The average molecular weight is 193 g/mol. The van der Waals surface area contributed by atoms with Crippen LogP contribution in [0.15, 0.2) is 0 Å². The summed E-state index contributed by atoms with van der Waals surface area (Å²) in [5.41, 5.74) is 0. The smallest absolute Gasteiger partial charge is 0.111 e. The topological polar surface area (TPSA) is 55.3 Å². The predicted octanol–water partition coefficient (Wildman–Crippen LogP) is 0.555. The van der Waals surface area contributed by atoms with Gasteiger partial charge in [0.1, 0.15) is 8.24 Å². The van der Waals surface area contributed by atoms with Crippen LogP contribution in [0.3, 0.4) is 0 Å². The van der Waals surface area contributed by atoms with Crippen molar-refractivity contribution in [1.82, 2.24) is 4.23 Å². The van der Waals surface area contributed by atoms with Gasteiger partial charge in [-0.25, -0.2) is 0 Å². The minimum Gasteiger partial charge on any atom is -0.351 e. The fraction of sp³-hybridized carbons (Fsp3) is 1.00. The molecule has 0 aliphatic rings. The lowest BCUT2D eigenvalue weighted by Gasteiger charge is -2.33. The third-order valence-electron chi connectivity index (χ3n) is 1.83. The van der Waals surface area contributed by atoms with Crippen LogP contribution in [0.25, 0.3) is 0 Å². The molecule has 0 amide bonds. The van der Waals surface area contributed by atoms with E-state index in [9.17, 15) is 0 Å². The van der Waals surface area contributed by atoms with Gasteiger partial charge in [0, 0.05) is 0 Å². The van der Waals surface area contributed by atoms with Gasteiger partial charge >= 0.3 is 0 Å². The maximum atomic E-state index is 4.00. The van der Waals surface area contributed by atoms with Gasteiger partial charge in [-0.05, 0) is 7.05 Å². The zero-order chi connectivity index (χ0) is 9.65. The van der Waals surface area contributed by atoms with Crippen molar-refractivity contribution in [3.05, 3.63) is 0 Å². The van der Waals surface area contributed by atoms with Crippen molar-refractivity contribution in [3.63, 3.8) is 0 Å². The molecule has 0 aromatic carbocycles. The molecule has 0 bridgehead atoms. The third kappa shape index (κ3) is 6.70. The summed E-state index contributed by atoms with van der Waals surface area (Å²) in [4.78, 5) is 0. The Hall–Kier alpha value is 0.314. The van der Waals surface area contributed by atoms with E-state index in [0.717, 1.165) is 0 Å². The molecule has 0 aromatic heterocycles. The standard InChI is InChI=1S/C6H19NSi2.H4N2/c1-7(8(2)3)9(4,5)6;1-2/h8H,1-6H3;1-2H2. The summed E-state index contributed by atoms with van der Waals surface area (Å²) in [5, 5.41) is 0. The van der Waals surface area contributed by atoms with Crippen LogP contribution in [-0.2, 0) is 0 Å². The number of nitrogens with zero attached hydrogens (tertiary/aromatic N) is 1. The molecule has 0 saturated heterocycles. The van der Waals surface area contributed by atoms with Gasteiger partial charge in [-0.15, -0.1) is 0 Å². The molecule has 0 heterocycles. The highest BCUT2D eigenvalue weighted by molar-refractivity contribution is 6.82. The molecule has 0 radical (unpaired) electrons. The van der Waals surface area contributed by atoms with Crippen molar-refractivity contribution < 1.29 is 0 Å². The van der Waals surface area contributed by atoms with E-state index in [-0.39, 0.29) is 0 Å². The largest absolute Gasteiger partial charge is 0.351 e. The molecular formula is C6H23N3Si2. The summed E-state index contributed by atoms with van der Waals surface area (Å²) in [5.74, 6) is 8.00. The van der Waals surface area contributed by atoms with Gasteiger partial charge in [-0.2, -0.15) is 0 Å². The zero-order valence-corrected chi connectivity index (χ0v) is 10.8. The Kier molecular flexibility index (Phi) is 7.44. The predicted molar refractivity (Wildman–Crippen MR) is 58.4 cm³/mol. The van der Waals surface area contributed by atoms with Gasteiger partial charge < -0.3 is 4.23 Å². The highest BCUT2D eigenvalue weighted by Crippen LogP contribution is 2.07. The first-order valence-electron chi connectivity index (χ1n) is 3.92. The number of hydrazine groups is 1. The molecule has 0 aliphatic carbocycles. The van der Waals surface area contributed by atoms with Gasteiger partial charge in [-0.1, -0.05) is 32.7 Å². The van der Waals surface area contributed by atoms with E-state index in [0.29, 0.717) is 0 Å². The lowest BCUT2D eigenvalue weighted by atomic mass is 11.6. The van der Waals surface area contributed by atoms with Crippen molar-refractivity contribution in [2.24, 2.45) is 11.7 Å². The summed E-state index contributed by atoms with van der Waals surface area (Å²) in [7, 11) is 0.858. The van der Waals surface area contributed by atoms with Crippen LogP contribution < -0.4 is 11.7 Å². The highest BCUT2D eigenvalue weighted by atomic mass is 28.4. The molecule has 0 spiro atoms. The van der Waals surface area contributed by atoms with Gasteiger partial charge in [0.25, 0.3) is 0 Å². The molecule has 4 N–H and O–H groups in total. The van der Waals surface area contributed by atoms with Crippen LogP contribution >= 0.6 is 0 Å². The molecule has 11 heavy (non-hydrogen) atoms. The van der Waals surface area contributed by atoms with Crippen LogP contribution in [0.1, 0.15) is 0 Å². The van der Waals surface area contributed by atoms with Crippen molar-refractivity contribution in [1.29, 1.82) is 0 Å². The second kappa shape index (κ2) is 5.90. The molecule has 5 heteroatoms. The second-order valence-electron chi connectivity index (χ2n) is 3.88. The normalized spacial score (nSPS) is 11.5. The first kappa shape index (κ1) is 13.9. The van der Waals surface area contributed by atoms with Crippen LogP contribution in [-0.4, -0.2) is 28.5 Å². The van der Waals surface area contributed by atoms with E-state index in [1.165, 1.54) is 0 Å².